The van der Waals surface area contributed by atoms with E-state index in [-0.39, 0.29) is 10.8 Å². The first kappa shape index (κ1) is 35.9. The minimum Gasteiger partial charge on any atom is -0.344 e. The Bertz CT molecular complexity index is 1600. The van der Waals surface area contributed by atoms with Crippen molar-refractivity contribution < 1.29 is 13.0 Å². The van der Waals surface area contributed by atoms with Gasteiger partial charge in [0.15, 0.2) is 15.5 Å². The molecule has 5 heteroatoms. The SMILES string of the molecule is CCCCCCCN1C(=CC=CC=CC2=[N+](CCCCCCC)c3ccc(S(C)(=O)=O)cc3C2(C)C)C(C)(C)c2cc(C)ccc21. The van der Waals surface area contributed by atoms with E-state index in [2.05, 4.69) is 107 Å². The highest BCUT2D eigenvalue weighted by atomic mass is 32.2. The van der Waals surface area contributed by atoms with Crippen LogP contribution in [0.25, 0.3) is 0 Å². The molecule has 0 aromatic heterocycles. The van der Waals surface area contributed by atoms with Crippen LogP contribution in [0, 0.1) is 6.92 Å². The lowest BCUT2D eigenvalue weighted by Crippen LogP contribution is -2.28. The third-order valence-corrected chi connectivity index (χ3v) is 11.1. The van der Waals surface area contributed by atoms with Crippen molar-refractivity contribution in [2.24, 2.45) is 0 Å². The number of benzene rings is 2. The van der Waals surface area contributed by atoms with E-state index in [4.69, 9.17) is 0 Å². The molecule has 0 saturated carbocycles. The lowest BCUT2D eigenvalue weighted by molar-refractivity contribution is -0.438. The summed E-state index contributed by atoms with van der Waals surface area (Å²) in [5, 5.41) is 0. The highest BCUT2D eigenvalue weighted by Gasteiger charge is 2.44. The minimum absolute atomic E-state index is 0.0610. The highest BCUT2D eigenvalue weighted by Crippen LogP contribution is 2.48. The Balaban J connectivity index is 1.61. The van der Waals surface area contributed by atoms with Crippen LogP contribution in [0.2, 0.25) is 0 Å². The highest BCUT2D eigenvalue weighted by molar-refractivity contribution is 7.90. The van der Waals surface area contributed by atoms with Gasteiger partial charge in [0.1, 0.15) is 6.54 Å². The molecule has 0 bridgehead atoms. The van der Waals surface area contributed by atoms with Crippen molar-refractivity contribution in [1.82, 2.24) is 0 Å². The topological polar surface area (TPSA) is 40.4 Å². The second-order valence-corrected chi connectivity index (χ2v) is 16.6. The van der Waals surface area contributed by atoms with Crippen molar-refractivity contribution in [3.8, 4) is 0 Å². The predicted octanol–water partition coefficient (Wildman–Crippen LogP) is 10.5. The monoisotopic (exact) mass is 643 g/mol. The van der Waals surface area contributed by atoms with E-state index in [1.807, 2.05) is 12.1 Å². The molecule has 4 rings (SSSR count). The third kappa shape index (κ3) is 7.95. The smallest absolute Gasteiger partial charge is 0.209 e. The number of nitrogens with zero attached hydrogens (tertiary/aromatic N) is 2. The third-order valence-electron chi connectivity index (χ3n) is 10.0. The van der Waals surface area contributed by atoms with Crippen LogP contribution < -0.4 is 4.90 Å². The van der Waals surface area contributed by atoms with E-state index in [1.54, 1.807) is 6.07 Å². The van der Waals surface area contributed by atoms with Crippen LogP contribution >= 0.6 is 0 Å². The molecule has 0 spiro atoms. The number of unbranched alkanes of at least 4 members (excludes halogenated alkanes) is 8. The number of aryl methyl sites for hydroxylation is 1. The maximum absolute atomic E-state index is 12.4. The van der Waals surface area contributed by atoms with Crippen molar-refractivity contribution in [3.05, 3.63) is 89.2 Å². The molecule has 0 aliphatic carbocycles. The quantitative estimate of drug-likeness (QED) is 0.104. The van der Waals surface area contributed by atoms with Gasteiger partial charge in [-0.1, -0.05) is 109 Å². The van der Waals surface area contributed by atoms with Crippen LogP contribution in [-0.2, 0) is 20.7 Å². The fourth-order valence-corrected chi connectivity index (χ4v) is 7.91. The first-order valence-electron chi connectivity index (χ1n) is 17.8. The van der Waals surface area contributed by atoms with Crippen LogP contribution in [0.4, 0.5) is 11.4 Å². The maximum Gasteiger partial charge on any atom is 0.209 e. The number of rotatable bonds is 16. The fourth-order valence-electron chi connectivity index (χ4n) is 7.26. The summed E-state index contributed by atoms with van der Waals surface area (Å²) in [4.78, 5) is 2.95. The molecule has 0 radical (unpaired) electrons. The van der Waals surface area contributed by atoms with Gasteiger partial charge in [-0.15, -0.1) is 0 Å². The van der Waals surface area contributed by atoms with E-state index < -0.39 is 9.84 Å². The van der Waals surface area contributed by atoms with Gasteiger partial charge in [0.25, 0.3) is 0 Å². The lowest BCUT2D eigenvalue weighted by Gasteiger charge is -2.27. The van der Waals surface area contributed by atoms with Gasteiger partial charge in [0, 0.05) is 53.7 Å². The largest absolute Gasteiger partial charge is 0.344 e. The first-order valence-corrected chi connectivity index (χ1v) is 19.7. The van der Waals surface area contributed by atoms with Crippen LogP contribution in [-0.4, -0.2) is 38.1 Å². The van der Waals surface area contributed by atoms with Crippen molar-refractivity contribution >= 4 is 26.9 Å². The molecule has 46 heavy (non-hydrogen) atoms. The van der Waals surface area contributed by atoms with Gasteiger partial charge in [-0.25, -0.2) is 8.42 Å². The Labute approximate surface area is 280 Å². The standard InChI is InChI=1S/C41H59N2O2S/c1-9-11-13-15-20-28-42-36-26-24-32(3)30-34(36)40(4,5)38(42)22-18-17-19-23-39-41(6,7)35-31-33(46(8,44)45)25-27-37(35)43(39)29-21-16-14-12-10-2/h17-19,22-27,30-31H,9-16,20-21,28-29H2,1-8H3/q+1. The summed E-state index contributed by atoms with van der Waals surface area (Å²) in [5.74, 6) is 0. The van der Waals surface area contributed by atoms with E-state index >= 15 is 0 Å². The van der Waals surface area contributed by atoms with Crippen molar-refractivity contribution in [1.29, 1.82) is 0 Å². The zero-order valence-electron chi connectivity index (χ0n) is 30.0. The molecule has 0 N–H and O–H groups in total. The zero-order valence-corrected chi connectivity index (χ0v) is 30.8. The molecule has 0 amide bonds. The number of anilines is 1. The van der Waals surface area contributed by atoms with Crippen LogP contribution in [0.1, 0.15) is 122 Å². The lowest BCUT2D eigenvalue weighted by atomic mass is 9.81. The van der Waals surface area contributed by atoms with E-state index in [9.17, 15) is 8.42 Å². The molecule has 250 valence electrons. The zero-order chi connectivity index (χ0) is 33.5. The number of fused-ring (bicyclic) bond motifs is 2. The number of sulfone groups is 1. The average molecular weight is 644 g/mol. The van der Waals surface area contributed by atoms with Crippen LogP contribution in [0.3, 0.4) is 0 Å². The summed E-state index contributed by atoms with van der Waals surface area (Å²) in [6.45, 7) is 17.8. The van der Waals surface area contributed by atoms with Gasteiger partial charge in [-0.05, 0) is 63.5 Å². The molecular formula is C41H59N2O2S+. The van der Waals surface area contributed by atoms with Gasteiger partial charge in [-0.3, -0.25) is 0 Å². The summed E-state index contributed by atoms with van der Waals surface area (Å²) in [6.07, 6.45) is 24.8. The Hall–Kier alpha value is -2.92. The van der Waals surface area contributed by atoms with E-state index in [1.165, 1.54) is 92.3 Å². The minimum atomic E-state index is -3.28. The Morgan fingerprint density at radius 3 is 2.11 bits per heavy atom. The second kappa shape index (κ2) is 15.3. The van der Waals surface area contributed by atoms with Gasteiger partial charge in [0.05, 0.1) is 10.3 Å². The van der Waals surface area contributed by atoms with Crippen molar-refractivity contribution in [2.45, 2.75) is 128 Å². The molecule has 4 nitrogen and oxygen atoms in total. The molecule has 2 aliphatic rings. The molecule has 2 aromatic rings. The number of hydrogen-bond acceptors (Lipinski definition) is 3. The van der Waals surface area contributed by atoms with Gasteiger partial charge < -0.3 is 4.90 Å². The molecule has 2 heterocycles. The summed E-state index contributed by atoms with van der Waals surface area (Å²) in [5.41, 5.74) is 8.52. The van der Waals surface area contributed by atoms with Crippen LogP contribution in [0.5, 0.6) is 0 Å². The van der Waals surface area contributed by atoms with Crippen LogP contribution in [0.15, 0.2) is 77.4 Å². The molecule has 0 unspecified atom stereocenters. The summed E-state index contributed by atoms with van der Waals surface area (Å²) in [6, 6.07) is 12.6. The Morgan fingerprint density at radius 2 is 1.43 bits per heavy atom. The molecular weight excluding hydrogens is 585 g/mol. The van der Waals surface area contributed by atoms with Gasteiger partial charge in [-0.2, -0.15) is 4.58 Å². The maximum atomic E-state index is 12.4. The van der Waals surface area contributed by atoms with Gasteiger partial charge >= 0.3 is 0 Å². The summed E-state index contributed by atoms with van der Waals surface area (Å²) in [7, 11) is -3.28. The first-order chi connectivity index (χ1) is 21.8. The predicted molar refractivity (Wildman–Crippen MR) is 198 cm³/mol. The Morgan fingerprint density at radius 1 is 0.761 bits per heavy atom. The molecule has 2 aromatic carbocycles. The summed E-state index contributed by atoms with van der Waals surface area (Å²) >= 11 is 0. The van der Waals surface area contributed by atoms with E-state index in [0.717, 1.165) is 30.8 Å². The molecule has 0 fully saturated rings. The second-order valence-electron chi connectivity index (χ2n) is 14.5. The fraction of sp³-hybridized carbons (Fsp3) is 0.537. The van der Waals surface area contributed by atoms with Gasteiger partial charge in [0.2, 0.25) is 5.69 Å². The normalized spacial score (nSPS) is 18.0. The number of hydrogen-bond donors (Lipinski definition) is 0. The summed E-state index contributed by atoms with van der Waals surface area (Å²) < 4.78 is 27.3. The van der Waals surface area contributed by atoms with E-state index in [0.29, 0.717) is 4.90 Å². The van der Waals surface area contributed by atoms with Crippen molar-refractivity contribution in [2.75, 3.05) is 24.2 Å². The Kier molecular flexibility index (Phi) is 12.0. The van der Waals surface area contributed by atoms with Crippen molar-refractivity contribution in [3.63, 3.8) is 0 Å². The molecule has 2 aliphatic heterocycles. The average Bonchev–Trinajstić information content (AvgIpc) is 3.34. The molecule has 0 saturated heterocycles. The molecule has 0 atom stereocenters. The number of allylic oxidation sites excluding steroid dienone is 6.